The molecule has 0 aliphatic heterocycles. The average Bonchev–Trinajstić information content (AvgIpc) is 3.71. The number of hydrogen-bond acceptors (Lipinski definition) is 9. The first-order valence-electron chi connectivity index (χ1n) is 12.6. The van der Waals surface area contributed by atoms with E-state index in [1.165, 1.54) is 10.7 Å². The maximum atomic E-state index is 12.9. The van der Waals surface area contributed by atoms with Crippen molar-refractivity contribution in [3.8, 4) is 10.6 Å². The van der Waals surface area contributed by atoms with Crippen molar-refractivity contribution in [1.29, 1.82) is 0 Å². The van der Waals surface area contributed by atoms with Crippen LogP contribution in [-0.4, -0.2) is 55.2 Å². The van der Waals surface area contributed by atoms with E-state index in [0.717, 1.165) is 16.1 Å². The lowest BCUT2D eigenvalue weighted by atomic mass is 10.1. The highest BCUT2D eigenvalue weighted by atomic mass is 32.1. The van der Waals surface area contributed by atoms with E-state index < -0.39 is 18.1 Å². The summed E-state index contributed by atoms with van der Waals surface area (Å²) in [5.74, 6) is -0.412. The molecule has 4 heterocycles. The monoisotopic (exact) mass is 564 g/mol. The van der Waals surface area contributed by atoms with Crippen LogP contribution in [0.2, 0.25) is 0 Å². The molecule has 0 radical (unpaired) electrons. The molecular weight excluding hydrogens is 536 g/mol. The van der Waals surface area contributed by atoms with Crippen molar-refractivity contribution in [2.45, 2.75) is 33.2 Å². The summed E-state index contributed by atoms with van der Waals surface area (Å²) in [5.41, 5.74) is 1.93. The van der Waals surface area contributed by atoms with Crippen LogP contribution in [0, 0.1) is 5.92 Å². The van der Waals surface area contributed by atoms with Crippen LogP contribution in [-0.2, 0) is 32.3 Å². The maximum Gasteiger partial charge on any atom is 0.408 e. The molecule has 0 saturated heterocycles. The van der Waals surface area contributed by atoms with E-state index in [9.17, 15) is 14.4 Å². The number of aromatic nitrogens is 5. The van der Waals surface area contributed by atoms with Crippen LogP contribution in [0.4, 0.5) is 4.79 Å². The summed E-state index contributed by atoms with van der Waals surface area (Å²) in [6.07, 6.45) is 2.48. The number of ether oxygens (including phenoxy) is 3. The molecule has 1 aromatic carbocycles. The fraction of sp³-hybridized carbons (Fsp3) is 0.296. The molecule has 2 N–H and O–H groups in total. The summed E-state index contributed by atoms with van der Waals surface area (Å²) in [5, 5.41) is 4.53. The Morgan fingerprint density at radius 2 is 1.93 bits per heavy atom. The first-order valence-corrected chi connectivity index (χ1v) is 13.5. The smallest absolute Gasteiger partial charge is 0.408 e. The van der Waals surface area contributed by atoms with Gasteiger partial charge < -0.3 is 24.5 Å². The predicted molar refractivity (Wildman–Crippen MR) is 148 cm³/mol. The highest BCUT2D eigenvalue weighted by molar-refractivity contribution is 7.13. The molecule has 5 rings (SSSR count). The van der Waals surface area contributed by atoms with Crippen molar-refractivity contribution in [2.24, 2.45) is 5.92 Å². The number of hydrogen-bond donors (Lipinski definition) is 2. The third-order valence-electron chi connectivity index (χ3n) is 6.07. The fourth-order valence-corrected chi connectivity index (χ4v) is 4.68. The van der Waals surface area contributed by atoms with E-state index in [4.69, 9.17) is 14.2 Å². The van der Waals surface area contributed by atoms with Gasteiger partial charge in [0.15, 0.2) is 11.2 Å². The maximum absolute atomic E-state index is 12.9. The second-order valence-electron chi connectivity index (χ2n) is 9.27. The Hall–Kier alpha value is -4.49. The molecule has 0 aliphatic rings. The van der Waals surface area contributed by atoms with Gasteiger partial charge >= 0.3 is 12.1 Å². The summed E-state index contributed by atoms with van der Waals surface area (Å²) < 4.78 is 19.2. The van der Waals surface area contributed by atoms with E-state index in [2.05, 4.69) is 20.3 Å². The average molecular weight is 565 g/mol. The van der Waals surface area contributed by atoms with Gasteiger partial charge in [-0.05, 0) is 22.9 Å². The standard InChI is InChI=1S/C27H28N6O6S/c1-17(2)21(30-27(36)39-14-18-7-4-3-5-8-18)25(35)38-11-10-37-16-32-15-28-22-23(32)31-26-29-19(13-33(26)24(22)34)20-9-6-12-40-20/h3-9,12-13,15,17,21H,10-11,14,16H2,1-2H3,(H,29,31)(H,30,36)/t21-/m1/s1. The van der Waals surface area contributed by atoms with Gasteiger partial charge in [0.25, 0.3) is 5.56 Å². The Kier molecular flexibility index (Phi) is 8.22. The third kappa shape index (κ3) is 6.05. The summed E-state index contributed by atoms with van der Waals surface area (Å²) in [6, 6.07) is 12.3. The molecule has 0 unspecified atom stereocenters. The molecule has 1 amide bonds. The van der Waals surface area contributed by atoms with Crippen molar-refractivity contribution >= 4 is 40.3 Å². The van der Waals surface area contributed by atoms with Gasteiger partial charge in [0.1, 0.15) is 26.0 Å². The number of imidazole rings is 2. The summed E-state index contributed by atoms with van der Waals surface area (Å²) in [6.45, 7) is 3.79. The van der Waals surface area contributed by atoms with Gasteiger partial charge in [-0.15, -0.1) is 11.3 Å². The van der Waals surface area contributed by atoms with Crippen molar-refractivity contribution in [1.82, 2.24) is 29.2 Å². The molecule has 4 aromatic heterocycles. The van der Waals surface area contributed by atoms with Crippen LogP contribution in [0.25, 0.3) is 27.5 Å². The number of rotatable bonds is 11. The zero-order valence-corrected chi connectivity index (χ0v) is 22.7. The first kappa shape index (κ1) is 27.1. The summed E-state index contributed by atoms with van der Waals surface area (Å²) in [7, 11) is 0. The first-order chi connectivity index (χ1) is 19.4. The van der Waals surface area contributed by atoms with Crippen LogP contribution in [0.3, 0.4) is 0 Å². The minimum absolute atomic E-state index is 0.0312. The zero-order valence-electron chi connectivity index (χ0n) is 21.9. The van der Waals surface area contributed by atoms with E-state index in [1.54, 1.807) is 35.9 Å². The molecule has 40 heavy (non-hydrogen) atoms. The van der Waals surface area contributed by atoms with Crippen molar-refractivity contribution < 1.29 is 23.8 Å². The number of carbonyl (C=O) groups excluding carboxylic acids is 2. The van der Waals surface area contributed by atoms with Gasteiger partial charge in [-0.2, -0.15) is 4.98 Å². The van der Waals surface area contributed by atoms with Crippen molar-refractivity contribution in [3.05, 3.63) is 76.3 Å². The van der Waals surface area contributed by atoms with Gasteiger partial charge in [-0.25, -0.2) is 19.0 Å². The number of thiophene rings is 1. The molecular formula is C27H28N6O6S. The minimum Gasteiger partial charge on any atom is -0.462 e. The van der Waals surface area contributed by atoms with E-state index in [0.29, 0.717) is 11.4 Å². The van der Waals surface area contributed by atoms with Gasteiger partial charge in [-0.1, -0.05) is 50.2 Å². The van der Waals surface area contributed by atoms with Gasteiger partial charge in [-0.3, -0.25) is 9.36 Å². The summed E-state index contributed by atoms with van der Waals surface area (Å²) >= 11 is 1.55. The highest BCUT2D eigenvalue weighted by Gasteiger charge is 2.26. The lowest BCUT2D eigenvalue weighted by molar-refractivity contribution is -0.149. The Morgan fingerprint density at radius 3 is 2.67 bits per heavy atom. The lowest BCUT2D eigenvalue weighted by Gasteiger charge is -2.20. The Labute approximate surface area is 232 Å². The quantitative estimate of drug-likeness (QED) is 0.183. The molecule has 0 aliphatic carbocycles. The summed E-state index contributed by atoms with van der Waals surface area (Å²) in [4.78, 5) is 50.7. The molecule has 0 fully saturated rings. The molecule has 208 valence electrons. The number of fused-ring (bicyclic) bond motifs is 2. The minimum atomic E-state index is -0.875. The molecule has 0 saturated carbocycles. The van der Waals surface area contributed by atoms with Gasteiger partial charge in [0.2, 0.25) is 5.78 Å². The Morgan fingerprint density at radius 1 is 1.10 bits per heavy atom. The van der Waals surface area contributed by atoms with E-state index >= 15 is 0 Å². The van der Waals surface area contributed by atoms with Gasteiger partial charge in [0.05, 0.1) is 23.5 Å². The number of aromatic amines is 1. The molecule has 5 aromatic rings. The zero-order chi connectivity index (χ0) is 28.1. The number of benzene rings is 1. The highest BCUT2D eigenvalue weighted by Crippen LogP contribution is 2.23. The van der Waals surface area contributed by atoms with Crippen LogP contribution in [0.1, 0.15) is 19.4 Å². The topological polar surface area (TPSA) is 142 Å². The van der Waals surface area contributed by atoms with Crippen molar-refractivity contribution in [3.63, 3.8) is 0 Å². The van der Waals surface area contributed by atoms with E-state index in [1.807, 2.05) is 47.8 Å². The molecule has 0 spiro atoms. The van der Waals surface area contributed by atoms with Gasteiger partial charge in [0, 0.05) is 6.20 Å². The molecule has 13 heteroatoms. The number of amides is 1. The largest absolute Gasteiger partial charge is 0.462 e. The molecule has 0 bridgehead atoms. The number of alkyl carbamates (subject to hydrolysis) is 1. The normalized spacial score (nSPS) is 12.2. The van der Waals surface area contributed by atoms with E-state index in [-0.39, 0.29) is 43.5 Å². The fourth-order valence-electron chi connectivity index (χ4n) is 3.99. The number of carbonyl (C=O) groups is 2. The lowest BCUT2D eigenvalue weighted by Crippen LogP contribution is -2.45. The molecule has 12 nitrogen and oxygen atoms in total. The second-order valence-corrected chi connectivity index (χ2v) is 10.2. The van der Waals surface area contributed by atoms with Crippen LogP contribution in [0.15, 0.2) is 65.2 Å². The van der Waals surface area contributed by atoms with Crippen molar-refractivity contribution in [2.75, 3.05) is 13.2 Å². The molecule has 1 atom stereocenters. The second kappa shape index (κ2) is 12.1. The number of nitrogens with zero attached hydrogens (tertiary/aromatic N) is 4. The van der Waals surface area contributed by atoms with Crippen LogP contribution >= 0.6 is 11.3 Å². The predicted octanol–water partition coefficient (Wildman–Crippen LogP) is 3.57. The Balaban J connectivity index is 1.12. The number of H-pyrrole nitrogens is 1. The number of esters is 1. The van der Waals surface area contributed by atoms with Crippen LogP contribution in [0.5, 0.6) is 0 Å². The number of nitrogens with one attached hydrogen (secondary N) is 2. The van der Waals surface area contributed by atoms with Crippen LogP contribution < -0.4 is 10.9 Å². The SMILES string of the molecule is CC(C)[C@@H](NC(=O)OCc1ccccc1)C(=O)OCCOCn1cnc2c(=O)n3cc(-c4cccs4)[nH]c3nc21. The Bertz CT molecular complexity index is 1660. The third-order valence-corrected chi connectivity index (χ3v) is 6.97.